The van der Waals surface area contributed by atoms with Crippen molar-refractivity contribution in [2.45, 2.75) is 26.8 Å². The minimum atomic E-state index is -0.501. The third-order valence-electron chi connectivity index (χ3n) is 1.78. The normalized spacial score (nSPS) is 12.9. The first kappa shape index (κ1) is 11.1. The van der Waals surface area contributed by atoms with Gasteiger partial charge < -0.3 is 5.73 Å². The molecule has 1 amide bonds. The van der Waals surface area contributed by atoms with E-state index in [9.17, 15) is 4.79 Å². The van der Waals surface area contributed by atoms with Gasteiger partial charge in [-0.2, -0.15) is 0 Å². The Hall–Kier alpha value is -1.01. The summed E-state index contributed by atoms with van der Waals surface area (Å²) in [6.45, 7) is 5.63. The predicted molar refractivity (Wildman–Crippen MR) is 56.1 cm³/mol. The minimum Gasteiger partial charge on any atom is -0.320 e. The Bertz CT molecular complexity index is 323. The summed E-state index contributed by atoms with van der Waals surface area (Å²) in [4.78, 5) is 11.5. The van der Waals surface area contributed by atoms with Gasteiger partial charge in [-0.25, -0.2) is 0 Å². The first-order valence-corrected chi connectivity index (χ1v) is 5.19. The zero-order valence-electron chi connectivity index (χ0n) is 8.44. The molecule has 1 aromatic rings. The molecule has 78 valence electrons. The second-order valence-corrected chi connectivity index (χ2v) is 4.57. The molecule has 0 unspecified atom stereocenters. The molecule has 1 aromatic heterocycles. The summed E-state index contributed by atoms with van der Waals surface area (Å²) in [6, 6.07) is -0.501. The third kappa shape index (κ3) is 2.74. The molecule has 0 spiro atoms. The van der Waals surface area contributed by atoms with Crippen LogP contribution in [-0.4, -0.2) is 22.1 Å². The van der Waals surface area contributed by atoms with E-state index >= 15 is 0 Å². The van der Waals surface area contributed by atoms with Crippen molar-refractivity contribution in [2.24, 2.45) is 11.7 Å². The van der Waals surface area contributed by atoms with E-state index in [-0.39, 0.29) is 11.8 Å². The average molecular weight is 214 g/mol. The lowest BCUT2D eigenvalue weighted by Gasteiger charge is -2.13. The van der Waals surface area contributed by atoms with Crippen LogP contribution in [0.25, 0.3) is 0 Å². The summed E-state index contributed by atoms with van der Waals surface area (Å²) >= 11 is 1.34. The Balaban J connectivity index is 2.57. The van der Waals surface area contributed by atoms with Crippen LogP contribution >= 0.6 is 11.3 Å². The molecular weight excluding hydrogens is 200 g/mol. The van der Waals surface area contributed by atoms with Crippen LogP contribution in [0.3, 0.4) is 0 Å². The van der Waals surface area contributed by atoms with E-state index in [0.717, 1.165) is 5.01 Å². The van der Waals surface area contributed by atoms with Crippen molar-refractivity contribution in [1.82, 2.24) is 10.2 Å². The lowest BCUT2D eigenvalue weighted by atomic mass is 10.1. The SMILES string of the molecule is Cc1nnc(NC(=O)[C@H](N)C(C)C)s1. The molecule has 1 heterocycles. The maximum atomic E-state index is 11.5. The first-order chi connectivity index (χ1) is 6.50. The molecule has 1 rings (SSSR count). The molecule has 0 saturated carbocycles. The van der Waals surface area contributed by atoms with Crippen LogP contribution in [0.2, 0.25) is 0 Å². The number of aryl methyl sites for hydroxylation is 1. The molecule has 3 N–H and O–H groups in total. The number of nitrogens with two attached hydrogens (primary N) is 1. The van der Waals surface area contributed by atoms with Gasteiger partial charge >= 0.3 is 0 Å². The summed E-state index contributed by atoms with van der Waals surface area (Å²) in [5.41, 5.74) is 5.66. The van der Waals surface area contributed by atoms with Gasteiger partial charge in [-0.1, -0.05) is 25.2 Å². The minimum absolute atomic E-state index is 0.115. The van der Waals surface area contributed by atoms with Gasteiger partial charge in [-0.05, 0) is 12.8 Å². The fourth-order valence-electron chi connectivity index (χ4n) is 0.839. The molecule has 6 heteroatoms. The van der Waals surface area contributed by atoms with Crippen LogP contribution in [0.4, 0.5) is 5.13 Å². The van der Waals surface area contributed by atoms with E-state index in [2.05, 4.69) is 15.5 Å². The standard InChI is InChI=1S/C8H14N4OS/c1-4(2)6(9)7(13)10-8-12-11-5(3)14-8/h4,6H,9H2,1-3H3,(H,10,12,13)/t6-/m1/s1. The second-order valence-electron chi connectivity index (χ2n) is 3.39. The van der Waals surface area contributed by atoms with Gasteiger partial charge in [0.25, 0.3) is 0 Å². The number of carbonyl (C=O) groups excluding carboxylic acids is 1. The molecule has 14 heavy (non-hydrogen) atoms. The van der Waals surface area contributed by atoms with E-state index in [1.54, 1.807) is 0 Å². The summed E-state index contributed by atoms with van der Waals surface area (Å²) in [6.07, 6.45) is 0. The van der Waals surface area contributed by atoms with Gasteiger partial charge in [0, 0.05) is 0 Å². The summed E-state index contributed by atoms with van der Waals surface area (Å²) in [5.74, 6) is -0.0971. The Labute approximate surface area is 86.7 Å². The first-order valence-electron chi connectivity index (χ1n) is 4.37. The molecule has 0 bridgehead atoms. The quantitative estimate of drug-likeness (QED) is 0.778. The van der Waals surface area contributed by atoms with E-state index < -0.39 is 6.04 Å². The van der Waals surface area contributed by atoms with Crippen molar-refractivity contribution < 1.29 is 4.79 Å². The summed E-state index contributed by atoms with van der Waals surface area (Å²) in [5, 5.41) is 11.5. The highest BCUT2D eigenvalue weighted by Gasteiger charge is 2.18. The number of hydrogen-bond acceptors (Lipinski definition) is 5. The van der Waals surface area contributed by atoms with Crippen molar-refractivity contribution >= 4 is 22.4 Å². The van der Waals surface area contributed by atoms with Crippen molar-refractivity contribution in [2.75, 3.05) is 5.32 Å². The van der Waals surface area contributed by atoms with E-state index in [0.29, 0.717) is 5.13 Å². The smallest absolute Gasteiger partial charge is 0.243 e. The number of carbonyl (C=O) groups is 1. The van der Waals surface area contributed by atoms with Gasteiger partial charge in [-0.3, -0.25) is 10.1 Å². The number of aromatic nitrogens is 2. The maximum absolute atomic E-state index is 11.5. The summed E-state index contributed by atoms with van der Waals surface area (Å²) in [7, 11) is 0. The predicted octanol–water partition coefficient (Wildman–Crippen LogP) is 0.768. The Morgan fingerprint density at radius 1 is 1.50 bits per heavy atom. The van der Waals surface area contributed by atoms with Gasteiger partial charge in [0.1, 0.15) is 5.01 Å². The largest absolute Gasteiger partial charge is 0.320 e. The van der Waals surface area contributed by atoms with E-state index in [1.165, 1.54) is 11.3 Å². The number of anilines is 1. The molecule has 0 aliphatic heterocycles. The molecule has 0 aliphatic carbocycles. The molecule has 0 aromatic carbocycles. The molecule has 0 radical (unpaired) electrons. The molecular formula is C8H14N4OS. The highest BCUT2D eigenvalue weighted by atomic mass is 32.1. The highest BCUT2D eigenvalue weighted by Crippen LogP contribution is 2.14. The Kier molecular flexibility index (Phi) is 3.54. The monoisotopic (exact) mass is 214 g/mol. The summed E-state index contributed by atoms with van der Waals surface area (Å²) < 4.78 is 0. The molecule has 0 saturated heterocycles. The molecule has 0 aliphatic rings. The number of hydrogen-bond donors (Lipinski definition) is 2. The van der Waals surface area contributed by atoms with Crippen LogP contribution < -0.4 is 11.1 Å². The number of nitrogens with one attached hydrogen (secondary N) is 1. The van der Waals surface area contributed by atoms with Gasteiger partial charge in [0.05, 0.1) is 6.04 Å². The van der Waals surface area contributed by atoms with Crippen molar-refractivity contribution in [1.29, 1.82) is 0 Å². The molecule has 1 atom stereocenters. The lowest BCUT2D eigenvalue weighted by Crippen LogP contribution is -2.39. The van der Waals surface area contributed by atoms with Crippen LogP contribution in [-0.2, 0) is 4.79 Å². The fraction of sp³-hybridized carbons (Fsp3) is 0.625. The second kappa shape index (κ2) is 4.47. The Morgan fingerprint density at radius 3 is 2.57 bits per heavy atom. The number of rotatable bonds is 3. The lowest BCUT2D eigenvalue weighted by molar-refractivity contribution is -0.118. The number of amides is 1. The van der Waals surface area contributed by atoms with Crippen LogP contribution in [0.15, 0.2) is 0 Å². The van der Waals surface area contributed by atoms with E-state index in [4.69, 9.17) is 5.73 Å². The highest BCUT2D eigenvalue weighted by molar-refractivity contribution is 7.15. The Morgan fingerprint density at radius 2 is 2.14 bits per heavy atom. The third-order valence-corrected chi connectivity index (χ3v) is 2.53. The van der Waals surface area contributed by atoms with E-state index in [1.807, 2.05) is 20.8 Å². The van der Waals surface area contributed by atoms with Crippen LogP contribution in [0.1, 0.15) is 18.9 Å². The van der Waals surface area contributed by atoms with Crippen molar-refractivity contribution in [3.05, 3.63) is 5.01 Å². The van der Waals surface area contributed by atoms with Gasteiger partial charge in [0.15, 0.2) is 0 Å². The van der Waals surface area contributed by atoms with Crippen LogP contribution in [0, 0.1) is 12.8 Å². The van der Waals surface area contributed by atoms with Gasteiger partial charge in [-0.15, -0.1) is 10.2 Å². The van der Waals surface area contributed by atoms with Gasteiger partial charge in [0.2, 0.25) is 11.0 Å². The zero-order chi connectivity index (χ0) is 10.7. The molecule has 5 nitrogen and oxygen atoms in total. The fourth-order valence-corrected chi connectivity index (χ4v) is 1.43. The van der Waals surface area contributed by atoms with Crippen molar-refractivity contribution in [3.8, 4) is 0 Å². The zero-order valence-corrected chi connectivity index (χ0v) is 9.26. The maximum Gasteiger partial charge on any atom is 0.243 e. The molecule has 0 fully saturated rings. The van der Waals surface area contributed by atoms with Crippen LogP contribution in [0.5, 0.6) is 0 Å². The topological polar surface area (TPSA) is 80.9 Å². The number of nitrogens with zero attached hydrogens (tertiary/aromatic N) is 2. The van der Waals surface area contributed by atoms with Crippen molar-refractivity contribution in [3.63, 3.8) is 0 Å². The average Bonchev–Trinajstić information content (AvgIpc) is 2.49.